The summed E-state index contributed by atoms with van der Waals surface area (Å²) in [4.78, 5) is 31.0. The molecule has 4 aromatic rings. The second-order valence-corrected chi connectivity index (χ2v) is 6.87. The van der Waals surface area contributed by atoms with E-state index in [1.165, 1.54) is 42.7 Å². The lowest BCUT2D eigenvalue weighted by atomic mass is 10.2. The zero-order chi connectivity index (χ0) is 22.5. The molecule has 0 fully saturated rings. The number of rotatable bonds is 8. The summed E-state index contributed by atoms with van der Waals surface area (Å²) in [5.41, 5.74) is 1.76. The number of nitrogens with zero attached hydrogens (tertiary/aromatic N) is 5. The van der Waals surface area contributed by atoms with Crippen molar-refractivity contribution in [2.45, 2.75) is 13.1 Å². The van der Waals surface area contributed by atoms with Crippen LogP contribution in [0.1, 0.15) is 15.9 Å². The van der Waals surface area contributed by atoms with Crippen LogP contribution < -0.4 is 10.6 Å². The summed E-state index contributed by atoms with van der Waals surface area (Å²) in [5, 5.41) is 21.7. The number of hydrogen-bond donors (Lipinski definition) is 2. The monoisotopic (exact) mass is 435 g/mol. The number of non-ortho nitro benzene ring substituents is 1. The van der Waals surface area contributed by atoms with Crippen LogP contribution in [-0.2, 0) is 13.1 Å². The van der Waals surface area contributed by atoms with E-state index in [0.29, 0.717) is 30.1 Å². The SMILES string of the molecule is O=C(NCCn1ncc2c(NCc3ccc(F)cc3)ncnc21)c1ccc([N+](=O)[O-])cc1. The number of fused-ring (bicyclic) bond motifs is 1. The molecule has 1 amide bonds. The highest BCUT2D eigenvalue weighted by Gasteiger charge is 2.12. The molecule has 4 rings (SSSR count). The first kappa shape index (κ1) is 20.8. The number of benzene rings is 2. The molecule has 32 heavy (non-hydrogen) atoms. The van der Waals surface area contributed by atoms with E-state index in [1.54, 1.807) is 23.0 Å². The molecule has 10 nitrogen and oxygen atoms in total. The van der Waals surface area contributed by atoms with Crippen molar-refractivity contribution in [3.05, 3.63) is 88.1 Å². The second-order valence-electron chi connectivity index (χ2n) is 6.87. The van der Waals surface area contributed by atoms with Crippen LogP contribution in [0.15, 0.2) is 61.1 Å². The van der Waals surface area contributed by atoms with Gasteiger partial charge in [0.15, 0.2) is 5.65 Å². The van der Waals surface area contributed by atoms with Gasteiger partial charge in [-0.1, -0.05) is 12.1 Å². The van der Waals surface area contributed by atoms with E-state index in [0.717, 1.165) is 10.9 Å². The normalized spacial score (nSPS) is 10.8. The third kappa shape index (κ3) is 4.67. The smallest absolute Gasteiger partial charge is 0.269 e. The van der Waals surface area contributed by atoms with Crippen LogP contribution >= 0.6 is 0 Å². The number of nitrogens with one attached hydrogen (secondary N) is 2. The number of halogens is 1. The fraction of sp³-hybridized carbons (Fsp3) is 0.143. The van der Waals surface area contributed by atoms with E-state index >= 15 is 0 Å². The molecule has 0 aliphatic heterocycles. The van der Waals surface area contributed by atoms with Crippen LogP contribution in [0.25, 0.3) is 11.0 Å². The van der Waals surface area contributed by atoms with Crippen LogP contribution in [0.5, 0.6) is 0 Å². The number of amides is 1. The summed E-state index contributed by atoms with van der Waals surface area (Å²) in [6.45, 7) is 1.12. The van der Waals surface area contributed by atoms with Crippen molar-refractivity contribution < 1.29 is 14.1 Å². The van der Waals surface area contributed by atoms with Gasteiger partial charge < -0.3 is 10.6 Å². The van der Waals surface area contributed by atoms with E-state index in [2.05, 4.69) is 25.7 Å². The van der Waals surface area contributed by atoms with Gasteiger partial charge in [-0.05, 0) is 29.8 Å². The van der Waals surface area contributed by atoms with Gasteiger partial charge in [0, 0.05) is 30.8 Å². The lowest BCUT2D eigenvalue weighted by molar-refractivity contribution is -0.384. The van der Waals surface area contributed by atoms with E-state index in [4.69, 9.17) is 0 Å². The Morgan fingerprint density at radius 1 is 1.09 bits per heavy atom. The van der Waals surface area contributed by atoms with Crippen LogP contribution in [0.3, 0.4) is 0 Å². The molecule has 0 radical (unpaired) electrons. The second kappa shape index (κ2) is 9.16. The fourth-order valence-corrected chi connectivity index (χ4v) is 3.10. The van der Waals surface area contributed by atoms with Gasteiger partial charge in [0.1, 0.15) is 18.0 Å². The predicted molar refractivity (Wildman–Crippen MR) is 114 cm³/mol. The quantitative estimate of drug-likeness (QED) is 0.322. The van der Waals surface area contributed by atoms with Crippen molar-refractivity contribution in [3.63, 3.8) is 0 Å². The average molecular weight is 435 g/mol. The van der Waals surface area contributed by atoms with E-state index in [-0.39, 0.29) is 24.0 Å². The summed E-state index contributed by atoms with van der Waals surface area (Å²) < 4.78 is 14.7. The molecule has 0 spiro atoms. The van der Waals surface area contributed by atoms with Gasteiger partial charge in [0.2, 0.25) is 0 Å². The number of aromatic nitrogens is 4. The molecular formula is C21H18FN7O3. The molecule has 11 heteroatoms. The summed E-state index contributed by atoms with van der Waals surface area (Å²) >= 11 is 0. The Morgan fingerprint density at radius 3 is 2.56 bits per heavy atom. The molecule has 2 N–H and O–H groups in total. The molecular weight excluding hydrogens is 417 g/mol. The highest BCUT2D eigenvalue weighted by molar-refractivity contribution is 5.94. The minimum atomic E-state index is -0.519. The number of nitro groups is 1. The maximum absolute atomic E-state index is 13.1. The Hall–Kier alpha value is -4.41. The first-order chi connectivity index (χ1) is 15.5. The standard InChI is InChI=1S/C21H18FN7O3/c22-16-5-1-14(2-6-16)11-24-19-18-12-27-28(20(18)26-13-25-19)10-9-23-21(30)15-3-7-17(8-4-15)29(31)32/h1-8,12-13H,9-11H2,(H,23,30)(H,24,25,26). The molecule has 0 unspecified atom stereocenters. The Labute approximate surface area is 181 Å². The van der Waals surface area contributed by atoms with Gasteiger partial charge in [0.25, 0.3) is 11.6 Å². The Bertz CT molecular complexity index is 1260. The number of hydrogen-bond acceptors (Lipinski definition) is 7. The first-order valence-corrected chi connectivity index (χ1v) is 9.69. The first-order valence-electron chi connectivity index (χ1n) is 9.69. The Balaban J connectivity index is 1.37. The Kier molecular flexibility index (Phi) is 5.97. The van der Waals surface area contributed by atoms with Crippen LogP contribution in [0.4, 0.5) is 15.9 Å². The van der Waals surface area contributed by atoms with Gasteiger partial charge in [-0.15, -0.1) is 0 Å². The largest absolute Gasteiger partial charge is 0.365 e. The van der Waals surface area contributed by atoms with Gasteiger partial charge in [-0.3, -0.25) is 14.9 Å². The minimum Gasteiger partial charge on any atom is -0.365 e. The predicted octanol–water partition coefficient (Wildman–Crippen LogP) is 2.92. The average Bonchev–Trinajstić information content (AvgIpc) is 3.22. The van der Waals surface area contributed by atoms with Crippen molar-refractivity contribution in [1.29, 1.82) is 0 Å². The van der Waals surface area contributed by atoms with E-state index < -0.39 is 4.92 Å². The summed E-state index contributed by atoms with van der Waals surface area (Å²) in [5.74, 6) is -0.0340. The molecule has 2 aromatic heterocycles. The third-order valence-corrected chi connectivity index (χ3v) is 4.76. The van der Waals surface area contributed by atoms with Crippen LogP contribution in [0, 0.1) is 15.9 Å². The van der Waals surface area contributed by atoms with E-state index in [9.17, 15) is 19.3 Å². The number of carbonyl (C=O) groups is 1. The molecule has 0 saturated heterocycles. The molecule has 162 valence electrons. The van der Waals surface area contributed by atoms with Gasteiger partial charge in [0.05, 0.1) is 23.1 Å². The van der Waals surface area contributed by atoms with Crippen LogP contribution in [0.2, 0.25) is 0 Å². The van der Waals surface area contributed by atoms with Gasteiger partial charge in [-0.2, -0.15) is 5.10 Å². The molecule has 0 aliphatic rings. The molecule has 2 aromatic carbocycles. The zero-order valence-electron chi connectivity index (χ0n) is 16.7. The number of nitro benzene ring substituents is 1. The Morgan fingerprint density at radius 2 is 1.84 bits per heavy atom. The maximum Gasteiger partial charge on any atom is 0.269 e. The molecule has 2 heterocycles. The fourth-order valence-electron chi connectivity index (χ4n) is 3.10. The number of carbonyl (C=O) groups excluding carboxylic acids is 1. The molecule has 0 aliphatic carbocycles. The topological polar surface area (TPSA) is 128 Å². The summed E-state index contributed by atoms with van der Waals surface area (Å²) in [7, 11) is 0. The lowest BCUT2D eigenvalue weighted by Gasteiger charge is -2.08. The maximum atomic E-state index is 13.1. The highest BCUT2D eigenvalue weighted by Crippen LogP contribution is 2.19. The van der Waals surface area contributed by atoms with Gasteiger partial charge >= 0.3 is 0 Å². The molecule has 0 atom stereocenters. The lowest BCUT2D eigenvalue weighted by Crippen LogP contribution is -2.27. The van der Waals surface area contributed by atoms with Crippen molar-refractivity contribution in [2.24, 2.45) is 0 Å². The van der Waals surface area contributed by atoms with Crippen LogP contribution in [-0.4, -0.2) is 37.1 Å². The third-order valence-electron chi connectivity index (χ3n) is 4.76. The summed E-state index contributed by atoms with van der Waals surface area (Å²) in [6.07, 6.45) is 3.06. The highest BCUT2D eigenvalue weighted by atomic mass is 19.1. The zero-order valence-corrected chi connectivity index (χ0v) is 16.7. The van der Waals surface area contributed by atoms with E-state index in [1.807, 2.05) is 0 Å². The number of anilines is 1. The van der Waals surface area contributed by atoms with Crippen molar-refractivity contribution in [2.75, 3.05) is 11.9 Å². The molecule has 0 bridgehead atoms. The summed E-state index contributed by atoms with van der Waals surface area (Å²) in [6, 6.07) is 11.6. The van der Waals surface area contributed by atoms with Crippen molar-refractivity contribution in [1.82, 2.24) is 25.1 Å². The minimum absolute atomic E-state index is 0.0758. The van der Waals surface area contributed by atoms with Crippen molar-refractivity contribution in [3.8, 4) is 0 Å². The molecule has 0 saturated carbocycles. The van der Waals surface area contributed by atoms with Gasteiger partial charge in [-0.25, -0.2) is 19.0 Å². The van der Waals surface area contributed by atoms with Crippen molar-refractivity contribution >= 4 is 28.4 Å².